The minimum atomic E-state index is -1.39. The number of aliphatic hydroxyl groups is 1. The predicted octanol–water partition coefficient (Wildman–Crippen LogP) is 2.29. The Bertz CT molecular complexity index is 1090. The monoisotopic (exact) mass is 534 g/mol. The fourth-order valence-corrected chi connectivity index (χ4v) is 8.99. The zero-order valence-electron chi connectivity index (χ0n) is 23.1. The van der Waals surface area contributed by atoms with Gasteiger partial charge in [-0.2, -0.15) is 0 Å². The Morgan fingerprint density at radius 2 is 1.34 bits per heavy atom. The minimum absolute atomic E-state index is 0.0677. The summed E-state index contributed by atoms with van der Waals surface area (Å²) in [4.78, 5) is 63.5. The van der Waals surface area contributed by atoms with Crippen LogP contribution >= 0.6 is 0 Å². The van der Waals surface area contributed by atoms with Crippen molar-refractivity contribution in [2.24, 2.45) is 34.0 Å². The van der Waals surface area contributed by atoms with Crippen molar-refractivity contribution in [2.75, 3.05) is 0 Å². The molecule has 4 rings (SSSR count). The summed E-state index contributed by atoms with van der Waals surface area (Å²) in [5.41, 5.74) is -3.02. The first kappa shape index (κ1) is 28.3. The lowest BCUT2D eigenvalue weighted by atomic mass is 9.38. The van der Waals surface area contributed by atoms with E-state index in [-0.39, 0.29) is 24.5 Å². The van der Waals surface area contributed by atoms with Gasteiger partial charge < -0.3 is 24.1 Å². The van der Waals surface area contributed by atoms with Crippen molar-refractivity contribution in [3.63, 3.8) is 0 Å². The smallest absolute Gasteiger partial charge is 0.303 e. The molecule has 1 N–H and O–H groups in total. The van der Waals surface area contributed by atoms with Gasteiger partial charge in [-0.3, -0.25) is 24.0 Å². The average molecular weight is 535 g/mol. The zero-order valence-corrected chi connectivity index (χ0v) is 23.1. The maximum Gasteiger partial charge on any atom is 0.303 e. The highest BCUT2D eigenvalue weighted by Gasteiger charge is 2.79. The molecular weight excluding hydrogens is 496 g/mol. The summed E-state index contributed by atoms with van der Waals surface area (Å²) in [7, 11) is 0. The molecule has 6 unspecified atom stereocenters. The van der Waals surface area contributed by atoms with Gasteiger partial charge in [-0.25, -0.2) is 0 Å². The zero-order chi connectivity index (χ0) is 28.5. The highest BCUT2D eigenvalue weighted by Crippen LogP contribution is 2.72. The predicted molar refractivity (Wildman–Crippen MR) is 131 cm³/mol. The minimum Gasteiger partial charge on any atom is -0.462 e. The van der Waals surface area contributed by atoms with E-state index in [0.717, 1.165) is 0 Å². The Morgan fingerprint density at radius 1 is 0.816 bits per heavy atom. The third kappa shape index (κ3) is 3.98. The molecule has 4 aliphatic carbocycles. The van der Waals surface area contributed by atoms with Gasteiger partial charge in [0.05, 0.1) is 11.5 Å². The standard InChI is InChI=1S/C28H38O10/c1-12-17-9-19(35-13(2)29)21-27(8)11-18(33)24(37-15(4)31)26(6,7)22(27)20(36-14(3)30)25(38-16(5)32)28(21,10-17)23(12)34/h17-22,24-25,33H,1,9-11H2,2-8H3/t17?,18-,19-,20?,21?,22?,24-,25-,27?,28?/m0/s1. The van der Waals surface area contributed by atoms with Crippen LogP contribution in [0, 0.1) is 34.0 Å². The van der Waals surface area contributed by atoms with Crippen LogP contribution in [-0.4, -0.2) is 65.3 Å². The van der Waals surface area contributed by atoms with Crippen LogP contribution in [0.5, 0.6) is 0 Å². The van der Waals surface area contributed by atoms with Gasteiger partial charge in [0, 0.05) is 44.9 Å². The van der Waals surface area contributed by atoms with E-state index >= 15 is 0 Å². The van der Waals surface area contributed by atoms with Crippen LogP contribution in [0.25, 0.3) is 0 Å². The Morgan fingerprint density at radius 3 is 1.87 bits per heavy atom. The van der Waals surface area contributed by atoms with E-state index < -0.39 is 82.5 Å². The fraction of sp³-hybridized carbons (Fsp3) is 0.750. The molecule has 10 atom stereocenters. The summed E-state index contributed by atoms with van der Waals surface area (Å²) in [6.45, 7) is 14.5. The maximum atomic E-state index is 14.2. The molecule has 0 aliphatic heterocycles. The number of ether oxygens (including phenoxy) is 4. The largest absolute Gasteiger partial charge is 0.462 e. The van der Waals surface area contributed by atoms with E-state index in [2.05, 4.69) is 6.58 Å². The third-order valence-corrected chi connectivity index (χ3v) is 9.53. The molecule has 10 heteroatoms. The van der Waals surface area contributed by atoms with Gasteiger partial charge >= 0.3 is 23.9 Å². The lowest BCUT2D eigenvalue weighted by Gasteiger charge is -2.68. The number of carbonyl (C=O) groups excluding carboxylic acids is 5. The molecule has 38 heavy (non-hydrogen) atoms. The number of fused-ring (bicyclic) bond motifs is 3. The van der Waals surface area contributed by atoms with Crippen molar-refractivity contribution in [3.05, 3.63) is 12.2 Å². The summed E-state index contributed by atoms with van der Waals surface area (Å²) >= 11 is 0. The quantitative estimate of drug-likeness (QED) is 0.324. The molecule has 0 aromatic rings. The second-order valence-electron chi connectivity index (χ2n) is 12.4. The van der Waals surface area contributed by atoms with E-state index in [0.29, 0.717) is 12.0 Å². The van der Waals surface area contributed by atoms with Crippen LogP contribution in [0.4, 0.5) is 0 Å². The molecule has 0 heterocycles. The number of ketones is 1. The van der Waals surface area contributed by atoms with Crippen molar-refractivity contribution in [3.8, 4) is 0 Å². The topological polar surface area (TPSA) is 143 Å². The van der Waals surface area contributed by atoms with Crippen LogP contribution in [0.1, 0.15) is 67.7 Å². The molecule has 0 saturated heterocycles. The van der Waals surface area contributed by atoms with E-state index in [4.69, 9.17) is 18.9 Å². The van der Waals surface area contributed by atoms with Crippen LogP contribution < -0.4 is 0 Å². The van der Waals surface area contributed by atoms with Crippen molar-refractivity contribution in [1.29, 1.82) is 0 Å². The lowest BCUT2D eigenvalue weighted by molar-refractivity contribution is -0.300. The molecule has 4 fully saturated rings. The molecule has 0 aromatic carbocycles. The fourth-order valence-electron chi connectivity index (χ4n) is 8.99. The van der Waals surface area contributed by atoms with E-state index in [9.17, 15) is 29.1 Å². The van der Waals surface area contributed by atoms with Gasteiger partial charge in [-0.15, -0.1) is 0 Å². The molecule has 4 saturated carbocycles. The number of hydrogen-bond donors (Lipinski definition) is 1. The summed E-state index contributed by atoms with van der Waals surface area (Å²) in [6, 6.07) is 0. The Hall–Kier alpha value is -2.75. The lowest BCUT2D eigenvalue weighted by Crippen LogP contribution is -2.76. The van der Waals surface area contributed by atoms with E-state index in [1.54, 1.807) is 13.8 Å². The first-order valence-corrected chi connectivity index (χ1v) is 13.1. The number of carbonyl (C=O) groups is 5. The highest BCUT2D eigenvalue weighted by molar-refractivity contribution is 6.04. The van der Waals surface area contributed by atoms with Gasteiger partial charge in [0.15, 0.2) is 11.9 Å². The normalized spacial score (nSPS) is 42.8. The molecule has 0 radical (unpaired) electrons. The van der Waals surface area contributed by atoms with E-state index in [1.165, 1.54) is 27.7 Å². The van der Waals surface area contributed by atoms with Crippen molar-refractivity contribution < 1.29 is 48.0 Å². The number of esters is 4. The van der Waals surface area contributed by atoms with Gasteiger partial charge in [0.2, 0.25) is 0 Å². The summed E-state index contributed by atoms with van der Waals surface area (Å²) in [5.74, 6) is -4.38. The van der Waals surface area contributed by atoms with Crippen molar-refractivity contribution in [1.82, 2.24) is 0 Å². The first-order valence-electron chi connectivity index (χ1n) is 13.1. The Kier molecular flexibility index (Phi) is 6.82. The second-order valence-corrected chi connectivity index (χ2v) is 12.4. The molecular formula is C28H38O10. The van der Waals surface area contributed by atoms with Gasteiger partial charge in [-0.05, 0) is 36.2 Å². The number of aliphatic hydroxyl groups excluding tert-OH is 1. The highest BCUT2D eigenvalue weighted by atomic mass is 16.6. The Labute approximate surface area is 222 Å². The van der Waals surface area contributed by atoms with Gasteiger partial charge in [-0.1, -0.05) is 27.4 Å². The Balaban J connectivity index is 2.03. The van der Waals surface area contributed by atoms with Crippen molar-refractivity contribution in [2.45, 2.75) is 98.2 Å². The second kappa shape index (κ2) is 9.17. The summed E-state index contributed by atoms with van der Waals surface area (Å²) in [6.07, 6.45) is -4.43. The first-order chi connectivity index (χ1) is 17.5. The van der Waals surface area contributed by atoms with Crippen molar-refractivity contribution >= 4 is 29.7 Å². The third-order valence-electron chi connectivity index (χ3n) is 9.53. The maximum absolute atomic E-state index is 14.2. The number of Topliss-reactive ketones (excluding diaryl/α,β-unsaturated/α-hetero) is 1. The van der Waals surface area contributed by atoms with Gasteiger partial charge in [0.1, 0.15) is 18.3 Å². The number of allylic oxidation sites excluding steroid dienone is 1. The summed E-state index contributed by atoms with van der Waals surface area (Å²) < 4.78 is 23.3. The van der Waals surface area contributed by atoms with Gasteiger partial charge in [0.25, 0.3) is 0 Å². The summed E-state index contributed by atoms with van der Waals surface area (Å²) in [5, 5.41) is 11.4. The van der Waals surface area contributed by atoms with Crippen LogP contribution in [0.3, 0.4) is 0 Å². The molecule has 1 spiro atoms. The molecule has 0 amide bonds. The number of rotatable bonds is 4. The molecule has 0 aromatic heterocycles. The molecule has 2 bridgehead atoms. The molecule has 210 valence electrons. The van der Waals surface area contributed by atoms with Crippen LogP contribution in [0.15, 0.2) is 12.2 Å². The van der Waals surface area contributed by atoms with Crippen LogP contribution in [0.2, 0.25) is 0 Å². The molecule has 4 aliphatic rings. The van der Waals surface area contributed by atoms with E-state index in [1.807, 2.05) is 6.92 Å². The SMILES string of the molecule is C=C1C(=O)C23CC1C[C@H](OC(C)=O)C2C1(C)C[C@H](O)[C@H](OC(C)=O)C(C)(C)C1C(OC(C)=O)[C@@H]3OC(C)=O. The van der Waals surface area contributed by atoms with Crippen LogP contribution in [-0.2, 0) is 42.9 Å². The average Bonchev–Trinajstić information content (AvgIpc) is 2.93. The molecule has 10 nitrogen and oxygen atoms in total. The number of hydrogen-bond acceptors (Lipinski definition) is 10.